The SMILES string of the molecule is CC(C)=CCO[C@@H]1CCOC[C@@H]1NC(=O)c1cn2c(C)cccc2n1. The number of nitrogens with zero attached hydrogens (tertiary/aromatic N) is 2. The van der Waals surface area contributed by atoms with Crippen LogP contribution in [0.15, 0.2) is 36.0 Å². The first-order chi connectivity index (χ1) is 12.0. The van der Waals surface area contributed by atoms with E-state index in [2.05, 4.69) is 10.3 Å². The first-order valence-corrected chi connectivity index (χ1v) is 8.63. The van der Waals surface area contributed by atoms with E-state index in [0.29, 0.717) is 25.5 Å². The number of imidazole rings is 1. The maximum Gasteiger partial charge on any atom is 0.271 e. The third-order valence-corrected chi connectivity index (χ3v) is 4.34. The molecule has 1 amide bonds. The van der Waals surface area contributed by atoms with Crippen LogP contribution < -0.4 is 5.32 Å². The van der Waals surface area contributed by atoms with Crippen LogP contribution in [-0.2, 0) is 9.47 Å². The Labute approximate surface area is 147 Å². The van der Waals surface area contributed by atoms with Crippen molar-refractivity contribution in [3.63, 3.8) is 0 Å². The van der Waals surface area contributed by atoms with E-state index in [-0.39, 0.29) is 18.1 Å². The third-order valence-electron chi connectivity index (χ3n) is 4.34. The number of fused-ring (bicyclic) bond motifs is 1. The predicted molar refractivity (Wildman–Crippen MR) is 95.8 cm³/mol. The van der Waals surface area contributed by atoms with E-state index in [9.17, 15) is 4.79 Å². The lowest BCUT2D eigenvalue weighted by atomic mass is 10.1. The zero-order valence-electron chi connectivity index (χ0n) is 15.0. The highest BCUT2D eigenvalue weighted by Gasteiger charge is 2.28. The highest BCUT2D eigenvalue weighted by atomic mass is 16.5. The molecule has 0 saturated carbocycles. The first-order valence-electron chi connectivity index (χ1n) is 8.63. The molecule has 0 unspecified atom stereocenters. The van der Waals surface area contributed by atoms with Gasteiger partial charge in [0, 0.05) is 18.5 Å². The molecule has 0 bridgehead atoms. The average Bonchev–Trinajstić information content (AvgIpc) is 3.02. The van der Waals surface area contributed by atoms with Crippen molar-refractivity contribution in [2.75, 3.05) is 19.8 Å². The van der Waals surface area contributed by atoms with Crippen LogP contribution in [0.4, 0.5) is 0 Å². The van der Waals surface area contributed by atoms with E-state index < -0.39 is 0 Å². The molecule has 25 heavy (non-hydrogen) atoms. The molecule has 1 aliphatic heterocycles. The molecule has 1 aliphatic rings. The molecule has 0 radical (unpaired) electrons. The van der Waals surface area contributed by atoms with Gasteiger partial charge in [-0.1, -0.05) is 17.7 Å². The lowest BCUT2D eigenvalue weighted by Gasteiger charge is -2.31. The lowest BCUT2D eigenvalue weighted by molar-refractivity contribution is -0.0457. The molecule has 3 rings (SSSR count). The van der Waals surface area contributed by atoms with Crippen LogP contribution in [0, 0.1) is 6.92 Å². The van der Waals surface area contributed by atoms with Crippen LogP contribution in [0.1, 0.15) is 36.5 Å². The second kappa shape index (κ2) is 7.80. The number of carbonyl (C=O) groups is 1. The summed E-state index contributed by atoms with van der Waals surface area (Å²) in [6.07, 6.45) is 4.53. The number of aryl methyl sites for hydroxylation is 1. The number of aromatic nitrogens is 2. The molecule has 3 heterocycles. The Kier molecular flexibility index (Phi) is 5.50. The number of ether oxygens (including phenoxy) is 2. The highest BCUT2D eigenvalue weighted by Crippen LogP contribution is 2.14. The van der Waals surface area contributed by atoms with Gasteiger partial charge in [0.15, 0.2) is 0 Å². The molecule has 6 nitrogen and oxygen atoms in total. The van der Waals surface area contributed by atoms with Crippen molar-refractivity contribution in [3.05, 3.63) is 47.4 Å². The Balaban J connectivity index is 1.68. The molecule has 1 fully saturated rings. The number of hydrogen-bond donors (Lipinski definition) is 1. The van der Waals surface area contributed by atoms with Gasteiger partial charge in [-0.2, -0.15) is 0 Å². The van der Waals surface area contributed by atoms with Gasteiger partial charge in [-0.15, -0.1) is 0 Å². The Morgan fingerprint density at radius 1 is 1.48 bits per heavy atom. The Bertz CT molecular complexity index is 777. The maximum atomic E-state index is 12.6. The molecular weight excluding hydrogens is 318 g/mol. The zero-order chi connectivity index (χ0) is 17.8. The number of carbonyl (C=O) groups excluding carboxylic acids is 1. The molecule has 1 saturated heterocycles. The molecule has 2 atom stereocenters. The molecule has 0 aromatic carbocycles. The van der Waals surface area contributed by atoms with E-state index >= 15 is 0 Å². The maximum absolute atomic E-state index is 12.6. The Hall–Kier alpha value is -2.18. The first kappa shape index (κ1) is 17.6. The third kappa shape index (κ3) is 4.27. The summed E-state index contributed by atoms with van der Waals surface area (Å²) < 4.78 is 13.4. The summed E-state index contributed by atoms with van der Waals surface area (Å²) in [5.41, 5.74) is 3.42. The van der Waals surface area contributed by atoms with Gasteiger partial charge < -0.3 is 19.2 Å². The van der Waals surface area contributed by atoms with Gasteiger partial charge in [0.05, 0.1) is 25.4 Å². The van der Waals surface area contributed by atoms with Gasteiger partial charge in [0.25, 0.3) is 5.91 Å². The summed E-state index contributed by atoms with van der Waals surface area (Å²) in [5, 5.41) is 3.02. The van der Waals surface area contributed by atoms with Gasteiger partial charge >= 0.3 is 0 Å². The minimum absolute atomic E-state index is 0.0490. The van der Waals surface area contributed by atoms with E-state index in [1.165, 1.54) is 5.57 Å². The van der Waals surface area contributed by atoms with Crippen LogP contribution in [0.25, 0.3) is 5.65 Å². The fourth-order valence-electron chi connectivity index (χ4n) is 2.89. The van der Waals surface area contributed by atoms with Gasteiger partial charge in [-0.05, 0) is 39.3 Å². The molecule has 1 N–H and O–H groups in total. The van der Waals surface area contributed by atoms with Crippen molar-refractivity contribution < 1.29 is 14.3 Å². The van der Waals surface area contributed by atoms with Crippen LogP contribution in [-0.4, -0.2) is 47.3 Å². The summed E-state index contributed by atoms with van der Waals surface area (Å²) >= 11 is 0. The largest absolute Gasteiger partial charge is 0.379 e. The monoisotopic (exact) mass is 343 g/mol. The quantitative estimate of drug-likeness (QED) is 0.847. The van der Waals surface area contributed by atoms with Gasteiger partial charge in [-0.3, -0.25) is 4.79 Å². The number of allylic oxidation sites excluding steroid dienone is 1. The summed E-state index contributed by atoms with van der Waals surface area (Å²) in [4.78, 5) is 17.0. The van der Waals surface area contributed by atoms with Crippen molar-refractivity contribution in [1.82, 2.24) is 14.7 Å². The minimum Gasteiger partial charge on any atom is -0.379 e. The van der Waals surface area contributed by atoms with Gasteiger partial charge in [0.2, 0.25) is 0 Å². The smallest absolute Gasteiger partial charge is 0.271 e. The van der Waals surface area contributed by atoms with E-state index in [4.69, 9.17) is 9.47 Å². The van der Waals surface area contributed by atoms with Gasteiger partial charge in [0.1, 0.15) is 11.3 Å². The minimum atomic E-state index is -0.200. The number of amides is 1. The van der Waals surface area contributed by atoms with Crippen LogP contribution in [0.2, 0.25) is 0 Å². The lowest BCUT2D eigenvalue weighted by Crippen LogP contribution is -2.50. The van der Waals surface area contributed by atoms with Crippen molar-refractivity contribution in [2.45, 2.75) is 39.3 Å². The molecule has 0 aliphatic carbocycles. The van der Waals surface area contributed by atoms with Crippen LogP contribution in [0.3, 0.4) is 0 Å². The normalized spacial score (nSPS) is 20.4. The molecule has 2 aromatic heterocycles. The number of rotatable bonds is 5. The summed E-state index contributed by atoms with van der Waals surface area (Å²) in [7, 11) is 0. The van der Waals surface area contributed by atoms with E-state index in [1.807, 2.05) is 49.4 Å². The standard InChI is InChI=1S/C19H25N3O3/c1-13(2)7-10-25-17-8-9-24-12-16(17)21-19(23)15-11-22-14(3)5-4-6-18(22)20-15/h4-7,11,16-17H,8-10,12H2,1-3H3,(H,21,23)/t16-,17+/m0/s1. The topological polar surface area (TPSA) is 64.9 Å². The zero-order valence-corrected chi connectivity index (χ0v) is 15.0. The van der Waals surface area contributed by atoms with Crippen molar-refractivity contribution in [1.29, 1.82) is 0 Å². The Morgan fingerprint density at radius 2 is 2.32 bits per heavy atom. The molecule has 134 valence electrons. The summed E-state index contributed by atoms with van der Waals surface area (Å²) in [6.45, 7) is 7.72. The van der Waals surface area contributed by atoms with E-state index in [1.54, 1.807) is 6.20 Å². The predicted octanol–water partition coefficient (Wildman–Crippen LogP) is 2.51. The van der Waals surface area contributed by atoms with Crippen molar-refractivity contribution in [3.8, 4) is 0 Å². The highest BCUT2D eigenvalue weighted by molar-refractivity contribution is 5.93. The molecular formula is C19H25N3O3. The summed E-state index contributed by atoms with van der Waals surface area (Å²) in [5.74, 6) is -0.200. The second-order valence-electron chi connectivity index (χ2n) is 6.62. The number of pyridine rings is 1. The molecule has 6 heteroatoms. The molecule has 0 spiro atoms. The second-order valence-corrected chi connectivity index (χ2v) is 6.62. The summed E-state index contributed by atoms with van der Waals surface area (Å²) in [6, 6.07) is 5.64. The van der Waals surface area contributed by atoms with Crippen LogP contribution in [0.5, 0.6) is 0 Å². The fourth-order valence-corrected chi connectivity index (χ4v) is 2.89. The van der Waals surface area contributed by atoms with Crippen molar-refractivity contribution >= 4 is 11.6 Å². The van der Waals surface area contributed by atoms with Gasteiger partial charge in [-0.25, -0.2) is 4.98 Å². The number of hydrogen-bond acceptors (Lipinski definition) is 4. The number of nitrogens with one attached hydrogen (secondary N) is 1. The fraction of sp³-hybridized carbons (Fsp3) is 0.474. The average molecular weight is 343 g/mol. The van der Waals surface area contributed by atoms with E-state index in [0.717, 1.165) is 17.8 Å². The Morgan fingerprint density at radius 3 is 3.08 bits per heavy atom. The molecule has 2 aromatic rings. The van der Waals surface area contributed by atoms with Crippen molar-refractivity contribution in [2.24, 2.45) is 0 Å². The van der Waals surface area contributed by atoms with Crippen LogP contribution >= 0.6 is 0 Å².